The van der Waals surface area contributed by atoms with Gasteiger partial charge in [-0.05, 0) is 19.3 Å². The number of aliphatic hydroxyl groups is 11. The molecule has 0 aliphatic carbocycles. The quantitative estimate of drug-likeness (QED) is 0.0199. The topological polar surface area (TPSA) is 307 Å². The molecule has 3 heterocycles. The molecule has 3 fully saturated rings. The van der Waals surface area contributed by atoms with Gasteiger partial charge in [0, 0.05) is 6.42 Å². The summed E-state index contributed by atoms with van der Waals surface area (Å²) in [5.41, 5.74) is 0. The minimum Gasteiger partial charge on any atom is -0.394 e. The molecule has 3 aliphatic heterocycles. The van der Waals surface area contributed by atoms with Crippen molar-refractivity contribution >= 4 is 5.91 Å². The van der Waals surface area contributed by atoms with Gasteiger partial charge >= 0.3 is 0 Å². The zero-order valence-electron chi connectivity index (χ0n) is 58.5. The van der Waals surface area contributed by atoms with Crippen molar-refractivity contribution in [1.29, 1.82) is 0 Å². The van der Waals surface area contributed by atoms with Crippen LogP contribution in [0.2, 0.25) is 0 Å². The van der Waals surface area contributed by atoms with E-state index in [1.165, 1.54) is 250 Å². The van der Waals surface area contributed by atoms with Gasteiger partial charge in [-0.1, -0.05) is 309 Å². The molecule has 3 aliphatic rings. The number of hydrogen-bond donors (Lipinski definition) is 12. The third-order valence-electron chi connectivity index (χ3n) is 19.6. The van der Waals surface area contributed by atoms with Crippen molar-refractivity contribution in [2.24, 2.45) is 0 Å². The summed E-state index contributed by atoms with van der Waals surface area (Å²) in [4.78, 5) is 13.4. The maximum atomic E-state index is 13.4. The molecule has 0 saturated carbocycles. The van der Waals surface area contributed by atoms with E-state index in [1.54, 1.807) is 6.08 Å². The van der Waals surface area contributed by atoms with Crippen LogP contribution >= 0.6 is 0 Å². The number of ether oxygens (including phenoxy) is 6. The molecular formula is C74H141NO18. The summed E-state index contributed by atoms with van der Waals surface area (Å²) in [5, 5.41) is 121. The van der Waals surface area contributed by atoms with E-state index in [0.29, 0.717) is 6.42 Å². The maximum Gasteiger partial charge on any atom is 0.220 e. The van der Waals surface area contributed by atoms with Crippen molar-refractivity contribution < 1.29 is 89.4 Å². The van der Waals surface area contributed by atoms with E-state index in [2.05, 4.69) is 19.2 Å². The van der Waals surface area contributed by atoms with Crippen LogP contribution < -0.4 is 5.32 Å². The van der Waals surface area contributed by atoms with E-state index in [4.69, 9.17) is 28.4 Å². The van der Waals surface area contributed by atoms with Gasteiger partial charge in [-0.25, -0.2) is 0 Å². The summed E-state index contributed by atoms with van der Waals surface area (Å²) >= 11 is 0. The highest BCUT2D eigenvalue weighted by molar-refractivity contribution is 5.76. The highest BCUT2D eigenvalue weighted by atomic mass is 16.8. The third kappa shape index (κ3) is 37.5. The SMILES string of the molecule is CCCCCCCCCCCCCCCCCCCCCCCCCCC/C=C/C(O)C(COC1OC(CO)C(OC2OC(CO)C(OC3OC(CO)C(O)C(O)C3O)C(O)C2O)C(O)C1O)NC(=O)CCCCCCCCCCCCCCCCCCCCCCC. The predicted octanol–water partition coefficient (Wildman–Crippen LogP) is 11.6. The average Bonchev–Trinajstić information content (AvgIpc) is 0.985. The van der Waals surface area contributed by atoms with Crippen LogP contribution in [-0.4, -0.2) is 193 Å². The maximum absolute atomic E-state index is 13.4. The van der Waals surface area contributed by atoms with Gasteiger partial charge in [0.15, 0.2) is 18.9 Å². The Bertz CT molecular complexity index is 1730. The predicted molar refractivity (Wildman–Crippen MR) is 365 cm³/mol. The number of hydrogen-bond acceptors (Lipinski definition) is 18. The molecule has 0 aromatic rings. The van der Waals surface area contributed by atoms with Crippen molar-refractivity contribution in [2.75, 3.05) is 26.4 Å². The molecule has 0 spiro atoms. The number of allylic oxidation sites excluding steroid dienone is 1. The largest absolute Gasteiger partial charge is 0.394 e. The van der Waals surface area contributed by atoms with Gasteiger partial charge in [0.05, 0.1) is 38.6 Å². The number of nitrogens with one attached hydrogen (secondary N) is 1. The monoisotopic (exact) mass is 1330 g/mol. The van der Waals surface area contributed by atoms with E-state index in [1.807, 2.05) is 6.08 Å². The molecule has 0 bridgehead atoms. The Morgan fingerprint density at radius 2 is 0.667 bits per heavy atom. The van der Waals surface area contributed by atoms with Crippen LogP contribution in [-0.2, 0) is 33.2 Å². The Morgan fingerprint density at radius 3 is 1.01 bits per heavy atom. The number of carbonyl (C=O) groups excluding carboxylic acids is 1. The number of rotatable bonds is 61. The van der Waals surface area contributed by atoms with Crippen LogP contribution in [0.5, 0.6) is 0 Å². The fraction of sp³-hybridized carbons (Fsp3) is 0.959. The first kappa shape index (κ1) is 85.8. The molecule has 19 nitrogen and oxygen atoms in total. The Labute approximate surface area is 563 Å². The summed E-state index contributed by atoms with van der Waals surface area (Å²) in [6, 6.07) is -0.969. The molecule has 93 heavy (non-hydrogen) atoms. The van der Waals surface area contributed by atoms with Crippen molar-refractivity contribution in [3.8, 4) is 0 Å². The van der Waals surface area contributed by atoms with Gasteiger partial charge in [-0.15, -0.1) is 0 Å². The smallest absolute Gasteiger partial charge is 0.220 e. The van der Waals surface area contributed by atoms with Crippen LogP contribution in [0.4, 0.5) is 0 Å². The first-order chi connectivity index (χ1) is 45.3. The summed E-state index contributed by atoms with van der Waals surface area (Å²) in [6.45, 7) is 1.79. The summed E-state index contributed by atoms with van der Waals surface area (Å²) in [5.74, 6) is -0.267. The summed E-state index contributed by atoms with van der Waals surface area (Å²) in [7, 11) is 0. The van der Waals surface area contributed by atoms with Crippen LogP contribution in [0.25, 0.3) is 0 Å². The van der Waals surface area contributed by atoms with Crippen molar-refractivity contribution in [1.82, 2.24) is 5.32 Å². The first-order valence-corrected chi connectivity index (χ1v) is 38.4. The molecule has 19 heteroatoms. The number of unbranched alkanes of at least 4 members (excludes halogenated alkanes) is 45. The molecule has 0 radical (unpaired) electrons. The molecule has 0 aromatic carbocycles. The number of aliphatic hydroxyl groups excluding tert-OH is 11. The fourth-order valence-electron chi connectivity index (χ4n) is 13.4. The Morgan fingerprint density at radius 1 is 0.376 bits per heavy atom. The molecule has 1 amide bonds. The van der Waals surface area contributed by atoms with Crippen molar-refractivity contribution in [3.05, 3.63) is 12.2 Å². The fourth-order valence-corrected chi connectivity index (χ4v) is 13.4. The van der Waals surface area contributed by atoms with Crippen LogP contribution in [0.3, 0.4) is 0 Å². The zero-order chi connectivity index (χ0) is 67.5. The lowest BCUT2D eigenvalue weighted by atomic mass is 9.96. The molecule has 17 unspecified atom stereocenters. The second-order valence-corrected chi connectivity index (χ2v) is 27.8. The van der Waals surface area contributed by atoms with E-state index >= 15 is 0 Å². The van der Waals surface area contributed by atoms with E-state index in [9.17, 15) is 61.0 Å². The van der Waals surface area contributed by atoms with Crippen LogP contribution in [0.1, 0.15) is 322 Å². The summed E-state index contributed by atoms with van der Waals surface area (Å²) < 4.78 is 34.4. The Hall–Kier alpha value is -1.47. The van der Waals surface area contributed by atoms with Gasteiger partial charge in [0.1, 0.15) is 73.2 Å². The van der Waals surface area contributed by atoms with Gasteiger partial charge < -0.3 is 89.9 Å². The molecule has 0 aromatic heterocycles. The van der Waals surface area contributed by atoms with Gasteiger partial charge in [0.25, 0.3) is 0 Å². The number of carbonyl (C=O) groups is 1. The Balaban J connectivity index is 1.40. The van der Waals surface area contributed by atoms with Gasteiger partial charge in [-0.3, -0.25) is 4.79 Å². The minimum atomic E-state index is -1.98. The molecule has 550 valence electrons. The zero-order valence-corrected chi connectivity index (χ0v) is 58.5. The normalized spacial score (nSPS) is 27.5. The van der Waals surface area contributed by atoms with Crippen LogP contribution in [0.15, 0.2) is 12.2 Å². The molecular weight excluding hydrogens is 1190 g/mol. The van der Waals surface area contributed by atoms with Gasteiger partial charge in [-0.2, -0.15) is 0 Å². The standard InChI is InChI=1S/C74H141NO18/c1-3-5-7-9-11-13-15-17-19-21-23-25-26-27-28-29-30-32-33-35-37-39-41-43-45-47-49-51-58(79)57(75-62(80)52-50-48-46-44-42-40-38-36-34-31-24-22-20-18-16-14-12-10-8-6-4-2)56-88-72-68(86)65(83)70(60(54-77)90-72)93-74-69(87)66(84)71(61(55-78)91-74)92-73-67(85)64(82)63(81)59(53-76)89-73/h49,51,57-61,63-74,76-79,81-87H,3-48,50,52-56H2,1-2H3,(H,75,80)/b51-49+. The van der Waals surface area contributed by atoms with Crippen molar-refractivity contribution in [3.63, 3.8) is 0 Å². The molecule has 17 atom stereocenters. The lowest BCUT2D eigenvalue weighted by Crippen LogP contribution is -2.66. The lowest BCUT2D eigenvalue weighted by molar-refractivity contribution is -0.379. The lowest BCUT2D eigenvalue weighted by Gasteiger charge is -2.48. The first-order valence-electron chi connectivity index (χ1n) is 38.4. The van der Waals surface area contributed by atoms with Gasteiger partial charge in [0.2, 0.25) is 5.91 Å². The second kappa shape index (κ2) is 56.3. The van der Waals surface area contributed by atoms with E-state index in [-0.39, 0.29) is 18.9 Å². The van der Waals surface area contributed by atoms with Crippen LogP contribution in [0, 0.1) is 0 Å². The molecule has 12 N–H and O–H groups in total. The minimum absolute atomic E-state index is 0.250. The third-order valence-corrected chi connectivity index (χ3v) is 19.6. The highest BCUT2D eigenvalue weighted by Crippen LogP contribution is 2.33. The second-order valence-electron chi connectivity index (χ2n) is 27.8. The van der Waals surface area contributed by atoms with Crippen molar-refractivity contribution in [2.45, 2.75) is 426 Å². The molecule has 3 saturated heterocycles. The van der Waals surface area contributed by atoms with E-state index < -0.39 is 124 Å². The molecule has 3 rings (SSSR count). The summed E-state index contributed by atoms with van der Waals surface area (Å²) in [6.07, 6.45) is 37.6. The highest BCUT2D eigenvalue weighted by Gasteiger charge is 2.53. The average molecular weight is 1330 g/mol. The number of amides is 1. The Kier molecular flexibility index (Phi) is 51.9. The van der Waals surface area contributed by atoms with E-state index in [0.717, 1.165) is 44.9 Å².